The number of thiophene rings is 1. The minimum Gasteiger partial charge on any atom is -0.376 e. The Morgan fingerprint density at radius 2 is 2.47 bits per heavy atom. The Bertz CT molecular complexity index is 388. The van der Waals surface area contributed by atoms with Crippen LogP contribution in [0.3, 0.4) is 0 Å². The van der Waals surface area contributed by atoms with E-state index in [0.29, 0.717) is 6.54 Å². The van der Waals surface area contributed by atoms with E-state index in [1.807, 2.05) is 18.5 Å². The normalized spacial score (nSPS) is 20.2. The number of amides is 1. The second kappa shape index (κ2) is 5.98. The molecule has 17 heavy (non-hydrogen) atoms. The highest BCUT2D eigenvalue weighted by molar-refractivity contribution is 9.11. The van der Waals surface area contributed by atoms with Crippen LogP contribution in [0.4, 0.5) is 0 Å². The van der Waals surface area contributed by atoms with E-state index in [0.717, 1.165) is 28.8 Å². The molecule has 0 aromatic carbocycles. The average molecular weight is 318 g/mol. The van der Waals surface area contributed by atoms with Gasteiger partial charge in [0.2, 0.25) is 0 Å². The maximum atomic E-state index is 12.1. The average Bonchev–Trinajstić information content (AvgIpc) is 2.76. The zero-order valence-corrected chi connectivity index (χ0v) is 12.2. The molecule has 0 radical (unpaired) electrons. The Hall–Kier alpha value is -0.390. The largest absolute Gasteiger partial charge is 0.376 e. The standard InChI is InChI=1S/C12H16BrNO2S/c1-14(7-10-4-2-3-5-16-10)12(15)9-6-11(13)17-8-9/h6,8,10H,2-5,7H2,1H3. The van der Waals surface area contributed by atoms with E-state index in [9.17, 15) is 4.79 Å². The fourth-order valence-corrected chi connectivity index (χ4v) is 3.11. The number of hydrogen-bond acceptors (Lipinski definition) is 3. The number of ether oxygens (including phenoxy) is 1. The summed E-state index contributed by atoms with van der Waals surface area (Å²) in [7, 11) is 1.84. The summed E-state index contributed by atoms with van der Waals surface area (Å²) in [4.78, 5) is 13.8. The van der Waals surface area contributed by atoms with Crippen LogP contribution in [0.5, 0.6) is 0 Å². The van der Waals surface area contributed by atoms with Gasteiger partial charge < -0.3 is 9.64 Å². The molecule has 1 aliphatic rings. The maximum absolute atomic E-state index is 12.1. The molecule has 1 fully saturated rings. The molecule has 1 aliphatic heterocycles. The van der Waals surface area contributed by atoms with Crippen molar-refractivity contribution in [3.05, 3.63) is 20.8 Å². The number of rotatable bonds is 3. The molecule has 0 N–H and O–H groups in total. The third kappa shape index (κ3) is 3.53. The van der Waals surface area contributed by atoms with Crippen LogP contribution >= 0.6 is 27.3 Å². The Morgan fingerprint density at radius 1 is 1.65 bits per heavy atom. The summed E-state index contributed by atoms with van der Waals surface area (Å²) in [5, 5.41) is 1.88. The van der Waals surface area contributed by atoms with Crippen molar-refractivity contribution in [2.24, 2.45) is 0 Å². The molecule has 1 unspecified atom stereocenters. The maximum Gasteiger partial charge on any atom is 0.254 e. The first-order valence-electron chi connectivity index (χ1n) is 5.78. The third-order valence-corrected chi connectivity index (χ3v) is 4.42. The van der Waals surface area contributed by atoms with Gasteiger partial charge in [-0.1, -0.05) is 0 Å². The lowest BCUT2D eigenvalue weighted by atomic mass is 10.1. The lowest BCUT2D eigenvalue weighted by Crippen LogP contribution is -2.36. The molecule has 2 heterocycles. The van der Waals surface area contributed by atoms with E-state index in [1.165, 1.54) is 17.8 Å². The fraction of sp³-hybridized carbons (Fsp3) is 0.583. The van der Waals surface area contributed by atoms with Crippen LogP contribution in [0.1, 0.15) is 29.6 Å². The van der Waals surface area contributed by atoms with Crippen LogP contribution in [0.15, 0.2) is 15.2 Å². The molecule has 1 atom stereocenters. The number of halogens is 1. The van der Waals surface area contributed by atoms with Gasteiger partial charge in [0.05, 0.1) is 15.5 Å². The van der Waals surface area contributed by atoms with Gasteiger partial charge in [-0.15, -0.1) is 11.3 Å². The van der Waals surface area contributed by atoms with E-state index in [4.69, 9.17) is 4.74 Å². The zero-order valence-electron chi connectivity index (χ0n) is 9.82. The van der Waals surface area contributed by atoms with Gasteiger partial charge >= 0.3 is 0 Å². The highest BCUT2D eigenvalue weighted by atomic mass is 79.9. The summed E-state index contributed by atoms with van der Waals surface area (Å²) in [6.07, 6.45) is 3.62. The summed E-state index contributed by atoms with van der Waals surface area (Å²) in [6.45, 7) is 1.52. The van der Waals surface area contributed by atoms with Gasteiger partial charge in [0, 0.05) is 25.6 Å². The van der Waals surface area contributed by atoms with E-state index in [-0.39, 0.29) is 12.0 Å². The predicted octanol–water partition coefficient (Wildman–Crippen LogP) is 3.15. The van der Waals surface area contributed by atoms with Crippen molar-refractivity contribution in [3.8, 4) is 0 Å². The van der Waals surface area contributed by atoms with Crippen molar-refractivity contribution in [1.82, 2.24) is 4.90 Å². The van der Waals surface area contributed by atoms with Crippen molar-refractivity contribution < 1.29 is 9.53 Å². The number of hydrogen-bond donors (Lipinski definition) is 0. The number of carbonyl (C=O) groups is 1. The zero-order chi connectivity index (χ0) is 12.3. The quantitative estimate of drug-likeness (QED) is 0.857. The van der Waals surface area contributed by atoms with Crippen LogP contribution in [-0.4, -0.2) is 37.1 Å². The molecular weight excluding hydrogens is 302 g/mol. The molecule has 5 heteroatoms. The molecule has 3 nitrogen and oxygen atoms in total. The van der Waals surface area contributed by atoms with E-state index >= 15 is 0 Å². The lowest BCUT2D eigenvalue weighted by molar-refractivity contribution is -0.000177. The van der Waals surface area contributed by atoms with Gasteiger partial charge in [-0.25, -0.2) is 0 Å². The predicted molar refractivity (Wildman–Crippen MR) is 72.6 cm³/mol. The summed E-state index contributed by atoms with van der Waals surface area (Å²) in [6, 6.07) is 1.87. The van der Waals surface area contributed by atoms with Crippen molar-refractivity contribution in [2.45, 2.75) is 25.4 Å². The molecular formula is C12H16BrNO2S. The van der Waals surface area contributed by atoms with Gasteiger partial charge in [0.25, 0.3) is 5.91 Å². The van der Waals surface area contributed by atoms with Crippen LogP contribution in [-0.2, 0) is 4.74 Å². The summed E-state index contributed by atoms with van der Waals surface area (Å²) >= 11 is 4.91. The third-order valence-electron chi connectivity index (χ3n) is 2.91. The first-order chi connectivity index (χ1) is 8.16. The van der Waals surface area contributed by atoms with Gasteiger partial charge in [0.15, 0.2) is 0 Å². The van der Waals surface area contributed by atoms with E-state index in [1.54, 1.807) is 4.90 Å². The minimum absolute atomic E-state index is 0.0705. The molecule has 1 saturated heterocycles. The highest BCUT2D eigenvalue weighted by Gasteiger charge is 2.20. The van der Waals surface area contributed by atoms with E-state index < -0.39 is 0 Å². The van der Waals surface area contributed by atoms with Crippen molar-refractivity contribution in [2.75, 3.05) is 20.2 Å². The molecule has 0 aliphatic carbocycles. The van der Waals surface area contributed by atoms with Gasteiger partial charge in [0.1, 0.15) is 0 Å². The number of carbonyl (C=O) groups excluding carboxylic acids is 1. The smallest absolute Gasteiger partial charge is 0.254 e. The van der Waals surface area contributed by atoms with Gasteiger partial charge in [-0.2, -0.15) is 0 Å². The monoisotopic (exact) mass is 317 g/mol. The van der Waals surface area contributed by atoms with Crippen LogP contribution in [0, 0.1) is 0 Å². The molecule has 1 amide bonds. The fourth-order valence-electron chi connectivity index (χ4n) is 1.98. The Balaban J connectivity index is 1.90. The van der Waals surface area contributed by atoms with E-state index in [2.05, 4.69) is 15.9 Å². The second-order valence-corrected chi connectivity index (χ2v) is 6.60. The van der Waals surface area contributed by atoms with Crippen molar-refractivity contribution in [1.29, 1.82) is 0 Å². The summed E-state index contributed by atoms with van der Waals surface area (Å²) < 4.78 is 6.63. The van der Waals surface area contributed by atoms with Crippen molar-refractivity contribution >= 4 is 33.2 Å². The molecule has 2 rings (SSSR count). The second-order valence-electron chi connectivity index (χ2n) is 4.31. The molecule has 0 bridgehead atoms. The molecule has 1 aromatic rings. The SMILES string of the molecule is CN(CC1CCCCO1)C(=O)c1csc(Br)c1. The summed E-state index contributed by atoms with van der Waals surface area (Å²) in [5.41, 5.74) is 0.750. The van der Waals surface area contributed by atoms with Crippen LogP contribution in [0.2, 0.25) is 0 Å². The number of nitrogens with zero attached hydrogens (tertiary/aromatic N) is 1. The van der Waals surface area contributed by atoms with Gasteiger partial charge in [-0.3, -0.25) is 4.79 Å². The first-order valence-corrected chi connectivity index (χ1v) is 7.45. The summed E-state index contributed by atoms with van der Waals surface area (Å²) in [5.74, 6) is 0.0705. The Labute approximate surface area is 114 Å². The van der Waals surface area contributed by atoms with Gasteiger partial charge in [-0.05, 0) is 41.3 Å². The molecule has 0 saturated carbocycles. The Kier molecular flexibility index (Phi) is 4.59. The number of likely N-dealkylation sites (N-methyl/N-ethyl adjacent to an activating group) is 1. The first kappa shape index (κ1) is 13.1. The van der Waals surface area contributed by atoms with Crippen LogP contribution in [0.25, 0.3) is 0 Å². The highest BCUT2D eigenvalue weighted by Crippen LogP contribution is 2.22. The lowest BCUT2D eigenvalue weighted by Gasteiger charge is -2.27. The molecule has 0 spiro atoms. The molecule has 1 aromatic heterocycles. The Morgan fingerprint density at radius 3 is 3.06 bits per heavy atom. The topological polar surface area (TPSA) is 29.5 Å². The van der Waals surface area contributed by atoms with Crippen LogP contribution < -0.4 is 0 Å². The molecule has 94 valence electrons. The minimum atomic E-state index is 0.0705. The van der Waals surface area contributed by atoms with Crippen molar-refractivity contribution in [3.63, 3.8) is 0 Å².